The Morgan fingerprint density at radius 2 is 1.73 bits per heavy atom. The van der Waals surface area contributed by atoms with Gasteiger partial charge in [-0.25, -0.2) is 0 Å². The van der Waals surface area contributed by atoms with E-state index in [1.165, 1.54) is 31.2 Å². The lowest BCUT2D eigenvalue weighted by atomic mass is 9.56. The molecule has 2 aromatic carbocycles. The Morgan fingerprint density at radius 1 is 1.02 bits per heavy atom. The van der Waals surface area contributed by atoms with Gasteiger partial charge in [-0.05, 0) is 42.0 Å². The fourth-order valence-electron chi connectivity index (χ4n) is 7.02. The molecule has 208 valence electrons. The summed E-state index contributed by atoms with van der Waals surface area (Å²) in [5, 5.41) is 10.3. The number of ether oxygens (including phenoxy) is 1. The quantitative estimate of drug-likeness (QED) is 0.319. The predicted molar refractivity (Wildman–Crippen MR) is 147 cm³/mol. The van der Waals surface area contributed by atoms with Crippen LogP contribution in [0.1, 0.15) is 29.9 Å². The number of phenolic OH excluding ortho intramolecular Hbond substituents is 1. The second kappa shape index (κ2) is 9.23. The molecule has 2 saturated heterocycles. The highest BCUT2D eigenvalue weighted by atomic mass is 35.5. The summed E-state index contributed by atoms with van der Waals surface area (Å²) in [5.41, 5.74) is 1.84. The van der Waals surface area contributed by atoms with E-state index in [1.807, 2.05) is 36.4 Å². The molecule has 1 N–H and O–H groups in total. The molecule has 11 heteroatoms. The first-order valence-electron chi connectivity index (χ1n) is 12.8. The highest BCUT2D eigenvalue weighted by Crippen LogP contribution is 2.65. The van der Waals surface area contributed by atoms with E-state index >= 15 is 0 Å². The number of hydrogen-bond acceptors (Lipinski definition) is 6. The summed E-state index contributed by atoms with van der Waals surface area (Å²) in [7, 11) is 2.68. The fraction of sp³-hybridized carbons (Fsp3) is 0.379. The standard InChI is InChI=1S/C29H25Cl3N2O6/c1-33-26(38)28(31)12-18-16(22(29(28,32)27(33)39)15-10-19(30)23(35)20(11-15)40-2)8-9-17-21(18)25(37)34(24(17)36)13-14-6-4-3-5-7-14/h3-8,10-11,17-18,21-22,35H,9,12-13H2,1-2H3. The third-order valence-corrected chi connectivity index (χ3v) is 10.6. The van der Waals surface area contributed by atoms with Crippen LogP contribution in [-0.4, -0.2) is 62.4 Å². The zero-order valence-corrected chi connectivity index (χ0v) is 23.8. The van der Waals surface area contributed by atoms with Gasteiger partial charge in [-0.1, -0.05) is 53.6 Å². The molecule has 0 aromatic heterocycles. The molecule has 0 bridgehead atoms. The predicted octanol–water partition coefficient (Wildman–Crippen LogP) is 4.24. The number of aromatic hydroxyl groups is 1. The zero-order valence-electron chi connectivity index (χ0n) is 21.6. The average molecular weight is 604 g/mol. The van der Waals surface area contributed by atoms with Crippen LogP contribution in [0.25, 0.3) is 0 Å². The zero-order chi connectivity index (χ0) is 28.7. The Hall–Kier alpha value is -3.07. The normalized spacial score (nSPS) is 33.1. The summed E-state index contributed by atoms with van der Waals surface area (Å²) in [6, 6.07) is 12.2. The van der Waals surface area contributed by atoms with Gasteiger partial charge in [0.1, 0.15) is 0 Å². The lowest BCUT2D eigenvalue weighted by Gasteiger charge is -2.50. The molecule has 1 saturated carbocycles. The summed E-state index contributed by atoms with van der Waals surface area (Å²) >= 11 is 20.7. The van der Waals surface area contributed by atoms with Gasteiger partial charge in [-0.2, -0.15) is 0 Å². The molecule has 2 aliphatic carbocycles. The highest BCUT2D eigenvalue weighted by Gasteiger charge is 2.75. The minimum absolute atomic E-state index is 0.0440. The maximum absolute atomic E-state index is 13.9. The van der Waals surface area contributed by atoms with Crippen LogP contribution in [0.15, 0.2) is 54.1 Å². The van der Waals surface area contributed by atoms with E-state index in [0.29, 0.717) is 11.1 Å². The van der Waals surface area contributed by atoms with Crippen molar-refractivity contribution in [1.29, 1.82) is 0 Å². The Balaban J connectivity index is 1.50. The number of allylic oxidation sites excluding steroid dienone is 2. The van der Waals surface area contributed by atoms with Gasteiger partial charge in [0.2, 0.25) is 11.8 Å². The van der Waals surface area contributed by atoms with E-state index < -0.39 is 45.2 Å². The number of amides is 4. The molecule has 4 aliphatic rings. The number of alkyl halides is 2. The first-order valence-corrected chi connectivity index (χ1v) is 13.9. The number of halogens is 3. The van der Waals surface area contributed by atoms with Crippen molar-refractivity contribution < 1.29 is 29.0 Å². The van der Waals surface area contributed by atoms with Crippen LogP contribution in [-0.2, 0) is 25.7 Å². The summed E-state index contributed by atoms with van der Waals surface area (Å²) in [6.45, 7) is 0.132. The minimum Gasteiger partial charge on any atom is -0.503 e. The van der Waals surface area contributed by atoms with Crippen molar-refractivity contribution in [2.75, 3.05) is 14.2 Å². The van der Waals surface area contributed by atoms with E-state index in [1.54, 1.807) is 0 Å². The number of carbonyl (C=O) groups excluding carboxylic acids is 4. The molecule has 40 heavy (non-hydrogen) atoms. The van der Waals surface area contributed by atoms with Crippen molar-refractivity contribution >= 4 is 58.4 Å². The first-order chi connectivity index (χ1) is 19.0. The van der Waals surface area contributed by atoms with Crippen molar-refractivity contribution in [3.05, 3.63) is 70.3 Å². The summed E-state index contributed by atoms with van der Waals surface area (Å²) < 4.78 is 5.31. The van der Waals surface area contributed by atoms with Crippen LogP contribution < -0.4 is 4.74 Å². The first kappa shape index (κ1) is 27.1. The topological polar surface area (TPSA) is 104 Å². The number of carbonyl (C=O) groups is 4. The Labute approximate surface area is 245 Å². The number of imide groups is 2. The number of nitrogens with zero attached hydrogens (tertiary/aromatic N) is 2. The molecule has 2 aliphatic heterocycles. The van der Waals surface area contributed by atoms with E-state index in [9.17, 15) is 24.3 Å². The maximum atomic E-state index is 13.9. The second-order valence-electron chi connectivity index (χ2n) is 10.8. The number of benzene rings is 2. The molecule has 6 unspecified atom stereocenters. The van der Waals surface area contributed by atoms with Gasteiger partial charge < -0.3 is 9.84 Å². The van der Waals surface area contributed by atoms with Gasteiger partial charge in [0.25, 0.3) is 11.8 Å². The molecule has 0 spiro atoms. The molecular weight excluding hydrogens is 579 g/mol. The molecular formula is C29H25Cl3N2O6. The smallest absolute Gasteiger partial charge is 0.253 e. The van der Waals surface area contributed by atoms with Gasteiger partial charge in [0.15, 0.2) is 21.2 Å². The molecule has 0 radical (unpaired) electrons. The average Bonchev–Trinajstić information content (AvgIpc) is 3.25. The van der Waals surface area contributed by atoms with Crippen LogP contribution >= 0.6 is 34.8 Å². The number of rotatable bonds is 4. The lowest BCUT2D eigenvalue weighted by molar-refractivity contribution is -0.141. The minimum atomic E-state index is -1.95. The lowest BCUT2D eigenvalue weighted by Crippen LogP contribution is -2.60. The molecule has 2 aromatic rings. The number of fused-ring (bicyclic) bond motifs is 4. The Morgan fingerprint density at radius 3 is 2.40 bits per heavy atom. The third kappa shape index (κ3) is 3.45. The highest BCUT2D eigenvalue weighted by molar-refractivity contribution is 6.53. The van der Waals surface area contributed by atoms with Crippen molar-refractivity contribution in [2.24, 2.45) is 17.8 Å². The second-order valence-corrected chi connectivity index (χ2v) is 12.4. The molecule has 2 heterocycles. The van der Waals surface area contributed by atoms with Gasteiger partial charge >= 0.3 is 0 Å². The molecule has 6 atom stereocenters. The summed E-state index contributed by atoms with van der Waals surface area (Å²) in [4.78, 5) is 53.0. The van der Waals surface area contributed by atoms with Crippen LogP contribution in [0.5, 0.6) is 11.5 Å². The van der Waals surface area contributed by atoms with Crippen molar-refractivity contribution in [1.82, 2.24) is 9.80 Å². The van der Waals surface area contributed by atoms with Gasteiger partial charge in [0.05, 0.1) is 30.5 Å². The maximum Gasteiger partial charge on any atom is 0.253 e. The van der Waals surface area contributed by atoms with E-state index in [2.05, 4.69) is 0 Å². The Bertz CT molecular complexity index is 1510. The SMILES string of the molecule is COc1cc(C2C3=CCC4C(=O)N(Cc5ccccc5)C(=O)C4C3CC3(Cl)C(=O)N(C)C(=O)C23Cl)cc(Cl)c1O. The van der Waals surface area contributed by atoms with Gasteiger partial charge in [-0.15, -0.1) is 23.2 Å². The van der Waals surface area contributed by atoms with Crippen LogP contribution in [0.3, 0.4) is 0 Å². The van der Waals surface area contributed by atoms with Gasteiger partial charge in [0, 0.05) is 13.0 Å². The Kier molecular flexibility index (Phi) is 6.25. The number of hydrogen-bond donors (Lipinski definition) is 1. The summed E-state index contributed by atoms with van der Waals surface area (Å²) in [6.07, 6.45) is 2.00. The van der Waals surface area contributed by atoms with Crippen molar-refractivity contribution in [2.45, 2.75) is 35.1 Å². The van der Waals surface area contributed by atoms with E-state index in [0.717, 1.165) is 10.5 Å². The van der Waals surface area contributed by atoms with Crippen molar-refractivity contribution in [3.8, 4) is 11.5 Å². The fourth-order valence-corrected chi connectivity index (χ4v) is 8.26. The van der Waals surface area contributed by atoms with Gasteiger partial charge in [-0.3, -0.25) is 29.0 Å². The molecule has 3 fully saturated rings. The molecule has 6 rings (SSSR count). The third-order valence-electron chi connectivity index (χ3n) is 8.89. The van der Waals surface area contributed by atoms with Crippen LogP contribution in [0.2, 0.25) is 5.02 Å². The van der Waals surface area contributed by atoms with Crippen molar-refractivity contribution in [3.63, 3.8) is 0 Å². The molecule has 4 amide bonds. The monoisotopic (exact) mass is 602 g/mol. The number of methoxy groups -OCH3 is 1. The van der Waals surface area contributed by atoms with Crippen LogP contribution in [0.4, 0.5) is 0 Å². The van der Waals surface area contributed by atoms with Crippen LogP contribution in [0, 0.1) is 17.8 Å². The number of likely N-dealkylation sites (tertiary alicyclic amines) is 2. The molecule has 8 nitrogen and oxygen atoms in total. The number of phenols is 1. The summed E-state index contributed by atoms with van der Waals surface area (Å²) in [5.74, 6) is -5.27. The van der Waals surface area contributed by atoms with E-state index in [-0.39, 0.29) is 47.7 Å². The van der Waals surface area contributed by atoms with E-state index in [4.69, 9.17) is 39.5 Å². The largest absolute Gasteiger partial charge is 0.503 e.